The third kappa shape index (κ3) is 5.88. The molecule has 3 aromatic rings. The second-order valence-corrected chi connectivity index (χ2v) is 11.2. The van der Waals surface area contributed by atoms with Crippen molar-refractivity contribution in [3.63, 3.8) is 0 Å². The van der Waals surface area contributed by atoms with E-state index in [-0.39, 0.29) is 30.0 Å². The standard InChI is InChI=1S/C32H33N7O4/c33-16-20(27-18-36-25-3-1-2-4-26(25)37-27)17-35-21-7-5-19(6-8-21)13-14-34-22-9-10-23-24(15-22)32(43)39(31(23)42)28-11-12-29(40)38-30(28)41/h1-4,9-10,15-19,21,28,34H,5-8,11-14,33H2,(H,38,40,41). The molecule has 2 aliphatic heterocycles. The summed E-state index contributed by atoms with van der Waals surface area (Å²) in [6.07, 6.45) is 10.4. The van der Waals surface area contributed by atoms with Crippen molar-refractivity contribution in [2.45, 2.75) is 57.0 Å². The zero-order chi connectivity index (χ0) is 29.9. The van der Waals surface area contributed by atoms with Gasteiger partial charge in [-0.1, -0.05) is 12.1 Å². The summed E-state index contributed by atoms with van der Waals surface area (Å²) in [6, 6.07) is 12.1. The number of allylic oxidation sites excluding steroid dienone is 1. The van der Waals surface area contributed by atoms with Crippen LogP contribution in [0.3, 0.4) is 0 Å². The molecule has 4 amide bonds. The molecule has 1 saturated carbocycles. The van der Waals surface area contributed by atoms with Gasteiger partial charge in [-0.05, 0) is 74.8 Å². The number of aliphatic imine (C=N–C) groups is 1. The Labute approximate surface area is 248 Å². The molecule has 3 aliphatic rings. The number of hydrogen-bond acceptors (Lipinski definition) is 9. The van der Waals surface area contributed by atoms with Gasteiger partial charge in [0.25, 0.3) is 11.8 Å². The molecule has 11 heteroatoms. The van der Waals surface area contributed by atoms with E-state index in [2.05, 4.69) is 20.6 Å². The number of nitrogens with one attached hydrogen (secondary N) is 2. The number of nitrogens with zero attached hydrogens (tertiary/aromatic N) is 4. The monoisotopic (exact) mass is 579 g/mol. The molecule has 0 radical (unpaired) electrons. The summed E-state index contributed by atoms with van der Waals surface area (Å²) in [5.74, 6) is -1.44. The van der Waals surface area contributed by atoms with Crippen LogP contribution >= 0.6 is 0 Å². The summed E-state index contributed by atoms with van der Waals surface area (Å²) >= 11 is 0. The molecule has 4 N–H and O–H groups in total. The first kappa shape index (κ1) is 28.2. The van der Waals surface area contributed by atoms with Crippen molar-refractivity contribution in [1.82, 2.24) is 20.2 Å². The molecule has 3 heterocycles. The summed E-state index contributed by atoms with van der Waals surface area (Å²) in [5, 5.41) is 5.60. The number of piperidine rings is 1. The Bertz CT molecular complexity index is 1660. The van der Waals surface area contributed by atoms with E-state index >= 15 is 0 Å². The maximum Gasteiger partial charge on any atom is 0.262 e. The predicted octanol–water partition coefficient (Wildman–Crippen LogP) is 3.46. The van der Waals surface area contributed by atoms with E-state index in [9.17, 15) is 19.2 Å². The molecule has 43 heavy (non-hydrogen) atoms. The Kier molecular flexibility index (Phi) is 7.95. The number of fused-ring (bicyclic) bond motifs is 2. The lowest BCUT2D eigenvalue weighted by Gasteiger charge is -2.27. The predicted molar refractivity (Wildman–Crippen MR) is 162 cm³/mol. The largest absolute Gasteiger partial charge is 0.404 e. The van der Waals surface area contributed by atoms with Crippen LogP contribution in [-0.4, -0.2) is 63.3 Å². The number of aromatic nitrogens is 2. The van der Waals surface area contributed by atoms with Crippen molar-refractivity contribution >= 4 is 52.1 Å². The molecule has 6 rings (SSSR count). The van der Waals surface area contributed by atoms with Crippen LogP contribution in [0.5, 0.6) is 0 Å². The van der Waals surface area contributed by atoms with Gasteiger partial charge in [0.15, 0.2) is 0 Å². The molecule has 1 saturated heterocycles. The Balaban J connectivity index is 0.984. The zero-order valence-corrected chi connectivity index (χ0v) is 23.7. The van der Waals surface area contributed by atoms with Gasteiger partial charge in [0, 0.05) is 42.7 Å². The highest BCUT2D eigenvalue weighted by molar-refractivity contribution is 6.23. The second-order valence-electron chi connectivity index (χ2n) is 11.2. The van der Waals surface area contributed by atoms with E-state index in [1.165, 1.54) is 6.20 Å². The first-order valence-corrected chi connectivity index (χ1v) is 14.7. The Morgan fingerprint density at radius 1 is 1.00 bits per heavy atom. The maximum absolute atomic E-state index is 13.1. The molecule has 1 atom stereocenters. The van der Waals surface area contributed by atoms with Crippen LogP contribution < -0.4 is 16.4 Å². The summed E-state index contributed by atoms with van der Waals surface area (Å²) in [4.78, 5) is 64.7. The molecule has 1 aliphatic carbocycles. The highest BCUT2D eigenvalue weighted by atomic mass is 16.2. The van der Waals surface area contributed by atoms with Crippen molar-refractivity contribution in [3.05, 3.63) is 71.7 Å². The highest BCUT2D eigenvalue weighted by Crippen LogP contribution is 2.31. The number of benzene rings is 2. The maximum atomic E-state index is 13.1. The van der Waals surface area contributed by atoms with Crippen molar-refractivity contribution in [2.75, 3.05) is 11.9 Å². The minimum atomic E-state index is -0.966. The SMILES string of the molecule is NC=C(C=NC1CCC(CCNc2ccc3c(c2)C(=O)N(C2CCC(=O)NC2=O)C3=O)CC1)c1cnc2ccccc2n1. The van der Waals surface area contributed by atoms with Crippen LogP contribution in [0.2, 0.25) is 0 Å². The quantitative estimate of drug-likeness (QED) is 0.270. The summed E-state index contributed by atoms with van der Waals surface area (Å²) in [6.45, 7) is 0.733. The minimum Gasteiger partial charge on any atom is -0.404 e. The zero-order valence-electron chi connectivity index (χ0n) is 23.7. The molecular formula is C32H33N7O4. The van der Waals surface area contributed by atoms with Crippen LogP contribution in [0.4, 0.5) is 5.69 Å². The van der Waals surface area contributed by atoms with E-state index < -0.39 is 29.7 Å². The Morgan fingerprint density at radius 3 is 2.53 bits per heavy atom. The lowest BCUT2D eigenvalue weighted by molar-refractivity contribution is -0.136. The van der Waals surface area contributed by atoms with E-state index in [4.69, 9.17) is 10.7 Å². The van der Waals surface area contributed by atoms with Gasteiger partial charge in [-0.2, -0.15) is 0 Å². The molecule has 1 unspecified atom stereocenters. The van der Waals surface area contributed by atoms with Crippen LogP contribution in [0.1, 0.15) is 71.4 Å². The normalized spacial score (nSPS) is 22.7. The van der Waals surface area contributed by atoms with Gasteiger partial charge in [-0.25, -0.2) is 4.98 Å². The number of hydrogen-bond donors (Lipinski definition) is 3. The summed E-state index contributed by atoms with van der Waals surface area (Å²) in [5.41, 5.74) is 10.3. The molecular weight excluding hydrogens is 546 g/mol. The highest BCUT2D eigenvalue weighted by Gasteiger charge is 2.44. The van der Waals surface area contributed by atoms with Crippen LogP contribution in [0.15, 0.2) is 59.9 Å². The number of para-hydroxylation sites is 2. The van der Waals surface area contributed by atoms with E-state index in [1.54, 1.807) is 24.4 Å². The molecule has 0 bridgehead atoms. The molecule has 11 nitrogen and oxygen atoms in total. The molecule has 2 fully saturated rings. The summed E-state index contributed by atoms with van der Waals surface area (Å²) in [7, 11) is 0. The molecule has 0 spiro atoms. The minimum absolute atomic E-state index is 0.0944. The molecule has 1 aromatic heterocycles. The number of carbonyl (C=O) groups is 4. The van der Waals surface area contributed by atoms with Gasteiger partial charge in [-0.3, -0.25) is 39.4 Å². The van der Waals surface area contributed by atoms with Gasteiger partial charge >= 0.3 is 0 Å². The number of nitrogens with two attached hydrogens (primary N) is 1. The lowest BCUT2D eigenvalue weighted by Crippen LogP contribution is -2.54. The fraction of sp³-hybridized carbons (Fsp3) is 0.344. The van der Waals surface area contributed by atoms with Crippen LogP contribution in [0, 0.1) is 5.92 Å². The van der Waals surface area contributed by atoms with Crippen LogP contribution in [0.25, 0.3) is 16.6 Å². The molecule has 2 aromatic carbocycles. The van der Waals surface area contributed by atoms with E-state index in [0.29, 0.717) is 11.6 Å². The fourth-order valence-corrected chi connectivity index (χ4v) is 6.06. The number of imide groups is 2. The first-order chi connectivity index (χ1) is 20.9. The summed E-state index contributed by atoms with van der Waals surface area (Å²) < 4.78 is 0. The average molecular weight is 580 g/mol. The average Bonchev–Trinajstić information content (AvgIpc) is 3.26. The van der Waals surface area contributed by atoms with E-state index in [0.717, 1.165) is 65.8 Å². The van der Waals surface area contributed by atoms with Crippen molar-refractivity contribution in [3.8, 4) is 0 Å². The second kappa shape index (κ2) is 12.1. The van der Waals surface area contributed by atoms with Gasteiger partial charge in [0.05, 0.1) is 34.1 Å². The number of rotatable bonds is 8. The lowest BCUT2D eigenvalue weighted by atomic mass is 9.84. The smallest absolute Gasteiger partial charge is 0.262 e. The Morgan fingerprint density at radius 2 is 1.77 bits per heavy atom. The topological polar surface area (TPSA) is 160 Å². The van der Waals surface area contributed by atoms with Crippen molar-refractivity contribution in [2.24, 2.45) is 16.6 Å². The van der Waals surface area contributed by atoms with Gasteiger partial charge in [0.2, 0.25) is 11.8 Å². The van der Waals surface area contributed by atoms with E-state index in [1.807, 2.05) is 30.5 Å². The Hall–Kier alpha value is -4.93. The third-order valence-corrected chi connectivity index (χ3v) is 8.49. The molecule has 220 valence electrons. The van der Waals surface area contributed by atoms with Gasteiger partial charge < -0.3 is 11.1 Å². The van der Waals surface area contributed by atoms with Gasteiger partial charge in [0.1, 0.15) is 6.04 Å². The fourth-order valence-electron chi connectivity index (χ4n) is 6.06. The number of carbonyl (C=O) groups excluding carboxylic acids is 4. The van der Waals surface area contributed by atoms with Crippen molar-refractivity contribution < 1.29 is 19.2 Å². The first-order valence-electron chi connectivity index (χ1n) is 14.7. The number of anilines is 1. The third-order valence-electron chi connectivity index (χ3n) is 8.49. The van der Waals surface area contributed by atoms with Crippen LogP contribution in [-0.2, 0) is 9.59 Å². The number of amides is 4. The van der Waals surface area contributed by atoms with Gasteiger partial charge in [-0.15, -0.1) is 0 Å². The van der Waals surface area contributed by atoms with Crippen molar-refractivity contribution in [1.29, 1.82) is 0 Å².